The summed E-state index contributed by atoms with van der Waals surface area (Å²) in [7, 11) is 2.26. The monoisotopic (exact) mass is 145 g/mol. The van der Waals surface area contributed by atoms with Crippen LogP contribution in [0.3, 0.4) is 0 Å². The summed E-state index contributed by atoms with van der Waals surface area (Å²) in [6.07, 6.45) is 0. The lowest BCUT2D eigenvalue weighted by Crippen LogP contribution is -2.16. The summed E-state index contributed by atoms with van der Waals surface area (Å²) < 4.78 is 12.1. The van der Waals surface area contributed by atoms with Crippen molar-refractivity contribution >= 4 is 14.7 Å². The predicted octanol–water partition coefficient (Wildman–Crippen LogP) is 0.0144. The van der Waals surface area contributed by atoms with Crippen molar-refractivity contribution in [3.8, 4) is 0 Å². The molecule has 0 aromatic carbocycles. The van der Waals surface area contributed by atoms with Crippen LogP contribution in [-0.2, 0) is 0 Å². The van der Waals surface area contributed by atoms with E-state index in [1.807, 2.05) is 0 Å². The zero-order valence-corrected chi connectivity index (χ0v) is 5.67. The molecule has 0 saturated carbocycles. The molecule has 0 aliphatic heterocycles. The summed E-state index contributed by atoms with van der Waals surface area (Å²) in [6.45, 7) is 0. The highest BCUT2D eigenvalue weighted by Crippen LogP contribution is 1.84. The standard InChI is InChI=1S/C5H5FNOP/c6-3-1-2-4(9)7-5(3)8/h1-2H,9H2,(H,7,8). The van der Waals surface area contributed by atoms with Gasteiger partial charge >= 0.3 is 0 Å². The number of aromatic amines is 1. The summed E-state index contributed by atoms with van der Waals surface area (Å²) >= 11 is 0. The minimum absolute atomic E-state index is 0.585. The molecule has 9 heavy (non-hydrogen) atoms. The van der Waals surface area contributed by atoms with E-state index in [0.29, 0.717) is 5.44 Å². The second kappa shape index (κ2) is 2.28. The van der Waals surface area contributed by atoms with Gasteiger partial charge in [-0.25, -0.2) is 4.39 Å². The largest absolute Gasteiger partial charge is 0.320 e. The molecule has 1 heterocycles. The minimum atomic E-state index is -0.749. The molecule has 1 aromatic rings. The van der Waals surface area contributed by atoms with Crippen LogP contribution in [0, 0.1) is 5.82 Å². The fourth-order valence-electron chi connectivity index (χ4n) is 0.471. The summed E-state index contributed by atoms with van der Waals surface area (Å²) in [6, 6.07) is 2.60. The van der Waals surface area contributed by atoms with Gasteiger partial charge in [-0.05, 0) is 12.1 Å². The van der Waals surface area contributed by atoms with Crippen LogP contribution in [0.5, 0.6) is 0 Å². The number of pyridine rings is 1. The van der Waals surface area contributed by atoms with Crippen molar-refractivity contribution in [2.45, 2.75) is 0 Å². The molecule has 0 spiro atoms. The highest BCUT2D eigenvalue weighted by atomic mass is 31.0. The molecule has 1 aromatic heterocycles. The maximum atomic E-state index is 12.1. The molecule has 4 heteroatoms. The van der Waals surface area contributed by atoms with Crippen LogP contribution >= 0.6 is 9.24 Å². The number of H-pyrrole nitrogens is 1. The molecule has 0 fully saturated rings. The molecule has 1 N–H and O–H groups in total. The van der Waals surface area contributed by atoms with Crippen molar-refractivity contribution in [1.82, 2.24) is 4.98 Å². The Morgan fingerprint density at radius 3 is 2.67 bits per heavy atom. The first kappa shape index (κ1) is 6.43. The molecule has 1 rings (SSSR count). The second-order valence-electron chi connectivity index (χ2n) is 1.59. The molecule has 0 saturated heterocycles. The van der Waals surface area contributed by atoms with Gasteiger partial charge in [0.25, 0.3) is 5.56 Å². The van der Waals surface area contributed by atoms with Gasteiger partial charge in [0.1, 0.15) is 0 Å². The normalized spacial score (nSPS) is 9.56. The third-order valence-electron chi connectivity index (χ3n) is 0.884. The van der Waals surface area contributed by atoms with Gasteiger partial charge in [0.05, 0.1) is 0 Å². The molecule has 48 valence electrons. The van der Waals surface area contributed by atoms with Gasteiger partial charge in [-0.2, -0.15) is 0 Å². The van der Waals surface area contributed by atoms with Crippen molar-refractivity contribution in [1.29, 1.82) is 0 Å². The lowest BCUT2D eigenvalue weighted by atomic mass is 10.5. The van der Waals surface area contributed by atoms with Crippen LogP contribution in [0.2, 0.25) is 0 Å². The van der Waals surface area contributed by atoms with Gasteiger partial charge in [0, 0.05) is 5.44 Å². The number of hydrogen-bond donors (Lipinski definition) is 1. The Morgan fingerprint density at radius 2 is 2.22 bits per heavy atom. The highest BCUT2D eigenvalue weighted by molar-refractivity contribution is 7.26. The van der Waals surface area contributed by atoms with Gasteiger partial charge in [-0.15, -0.1) is 0 Å². The Bertz CT molecular complexity index is 270. The van der Waals surface area contributed by atoms with Crippen molar-refractivity contribution in [3.05, 3.63) is 28.3 Å². The molecule has 2 nitrogen and oxygen atoms in total. The van der Waals surface area contributed by atoms with Crippen LogP contribution in [0.1, 0.15) is 0 Å². The van der Waals surface area contributed by atoms with Gasteiger partial charge in [0.2, 0.25) is 0 Å². The lowest BCUT2D eigenvalue weighted by Gasteiger charge is -1.88. The summed E-state index contributed by atoms with van der Waals surface area (Å²) in [5.74, 6) is -0.749. The smallest absolute Gasteiger partial charge is 0.284 e. The maximum absolute atomic E-state index is 12.1. The van der Waals surface area contributed by atoms with Gasteiger partial charge in [-0.3, -0.25) is 4.79 Å². The SMILES string of the molecule is O=c1[nH]c(P)ccc1F. The number of hydrogen-bond acceptors (Lipinski definition) is 1. The molecule has 0 aliphatic carbocycles. The molecular formula is C5H5FNOP. The van der Waals surface area contributed by atoms with Crippen LogP contribution in [0.4, 0.5) is 4.39 Å². The first-order valence-electron chi connectivity index (χ1n) is 2.34. The zero-order valence-electron chi connectivity index (χ0n) is 4.52. The fourth-order valence-corrected chi connectivity index (χ4v) is 0.698. The van der Waals surface area contributed by atoms with E-state index in [1.54, 1.807) is 0 Å². The van der Waals surface area contributed by atoms with Gasteiger partial charge in [0.15, 0.2) is 5.82 Å². The summed E-state index contributed by atoms with van der Waals surface area (Å²) in [4.78, 5) is 12.7. The van der Waals surface area contributed by atoms with E-state index in [4.69, 9.17) is 0 Å². The van der Waals surface area contributed by atoms with Crippen LogP contribution in [0.15, 0.2) is 16.9 Å². The van der Waals surface area contributed by atoms with Crippen LogP contribution in [-0.4, -0.2) is 4.98 Å². The van der Waals surface area contributed by atoms with Crippen molar-refractivity contribution in [3.63, 3.8) is 0 Å². The molecule has 1 atom stereocenters. The number of aromatic nitrogens is 1. The number of nitrogens with one attached hydrogen (secondary N) is 1. The van der Waals surface area contributed by atoms with E-state index in [-0.39, 0.29) is 0 Å². The first-order chi connectivity index (χ1) is 4.20. The summed E-state index contributed by atoms with van der Waals surface area (Å²) in [5.41, 5.74) is -0.0936. The van der Waals surface area contributed by atoms with E-state index in [0.717, 1.165) is 6.07 Å². The Labute approximate surface area is 53.3 Å². The van der Waals surface area contributed by atoms with Crippen molar-refractivity contribution < 1.29 is 4.39 Å². The minimum Gasteiger partial charge on any atom is -0.320 e. The Balaban J connectivity index is 3.34. The molecular weight excluding hydrogens is 140 g/mol. The van der Waals surface area contributed by atoms with E-state index < -0.39 is 11.4 Å². The van der Waals surface area contributed by atoms with E-state index in [2.05, 4.69) is 14.2 Å². The average molecular weight is 145 g/mol. The highest BCUT2D eigenvalue weighted by Gasteiger charge is 1.93. The van der Waals surface area contributed by atoms with Gasteiger partial charge < -0.3 is 4.98 Å². The number of rotatable bonds is 0. The molecule has 0 amide bonds. The molecule has 1 unspecified atom stereocenters. The first-order valence-corrected chi connectivity index (χ1v) is 2.92. The Hall–Kier alpha value is -0.690. The summed E-state index contributed by atoms with van der Waals surface area (Å²) in [5, 5.41) is 0. The van der Waals surface area contributed by atoms with Gasteiger partial charge in [-0.1, -0.05) is 9.24 Å². The average Bonchev–Trinajstić information content (AvgIpc) is 1.80. The Kier molecular flexibility index (Phi) is 1.63. The third kappa shape index (κ3) is 1.36. The second-order valence-corrected chi connectivity index (χ2v) is 2.21. The quantitative estimate of drug-likeness (QED) is 0.512. The van der Waals surface area contributed by atoms with E-state index in [1.165, 1.54) is 6.07 Å². The van der Waals surface area contributed by atoms with Crippen LogP contribution in [0.25, 0.3) is 0 Å². The topological polar surface area (TPSA) is 32.9 Å². The maximum Gasteiger partial charge on any atom is 0.284 e. The van der Waals surface area contributed by atoms with Crippen LogP contribution < -0.4 is 11.0 Å². The fraction of sp³-hybridized carbons (Fsp3) is 0. The molecule has 0 radical (unpaired) electrons. The van der Waals surface area contributed by atoms with E-state index in [9.17, 15) is 9.18 Å². The molecule has 0 bridgehead atoms. The zero-order chi connectivity index (χ0) is 6.85. The molecule has 0 aliphatic rings. The lowest BCUT2D eigenvalue weighted by molar-refractivity contribution is 0.610. The Morgan fingerprint density at radius 1 is 1.56 bits per heavy atom. The van der Waals surface area contributed by atoms with Crippen molar-refractivity contribution in [2.75, 3.05) is 0 Å². The van der Waals surface area contributed by atoms with E-state index >= 15 is 0 Å². The van der Waals surface area contributed by atoms with Crippen molar-refractivity contribution in [2.24, 2.45) is 0 Å². The predicted molar refractivity (Wildman–Crippen MR) is 36.4 cm³/mol. The third-order valence-corrected chi connectivity index (χ3v) is 1.22. The number of halogens is 1.